The molecule has 3 atom stereocenters. The van der Waals surface area contributed by atoms with Crippen molar-refractivity contribution in [3.05, 3.63) is 35.9 Å². The first kappa shape index (κ1) is 13.3. The van der Waals surface area contributed by atoms with Crippen LogP contribution in [0, 0.1) is 23.7 Å². The number of Topliss-reactive ketones (excluding diaryl/α,β-unsaturated/α-hetero) is 1. The van der Waals surface area contributed by atoms with Crippen molar-refractivity contribution in [2.45, 2.75) is 40.0 Å². The minimum atomic E-state index is 0.230. The van der Waals surface area contributed by atoms with Crippen LogP contribution in [0.3, 0.4) is 0 Å². The van der Waals surface area contributed by atoms with Gasteiger partial charge in [-0.05, 0) is 36.7 Å². The van der Waals surface area contributed by atoms with Gasteiger partial charge in [0.15, 0.2) is 0 Å². The Morgan fingerprint density at radius 1 is 1.17 bits per heavy atom. The first-order valence-electron chi connectivity index (χ1n) is 7.17. The molecule has 0 heterocycles. The zero-order chi connectivity index (χ0) is 13.1. The highest BCUT2D eigenvalue weighted by atomic mass is 16.1. The minimum absolute atomic E-state index is 0.230. The first-order valence-corrected chi connectivity index (χ1v) is 7.17. The molecule has 0 amide bonds. The van der Waals surface area contributed by atoms with Gasteiger partial charge in [-0.25, -0.2) is 0 Å². The van der Waals surface area contributed by atoms with E-state index >= 15 is 0 Å². The number of carbonyl (C=O) groups is 1. The van der Waals surface area contributed by atoms with Gasteiger partial charge < -0.3 is 0 Å². The zero-order valence-corrected chi connectivity index (χ0v) is 11.7. The van der Waals surface area contributed by atoms with Crippen molar-refractivity contribution >= 4 is 5.78 Å². The zero-order valence-electron chi connectivity index (χ0n) is 11.7. The van der Waals surface area contributed by atoms with Crippen molar-refractivity contribution in [2.75, 3.05) is 0 Å². The Morgan fingerprint density at radius 3 is 2.44 bits per heavy atom. The quantitative estimate of drug-likeness (QED) is 0.781. The maximum atomic E-state index is 12.6. The summed E-state index contributed by atoms with van der Waals surface area (Å²) in [5.41, 5.74) is 1.30. The highest BCUT2D eigenvalue weighted by molar-refractivity contribution is 5.85. The predicted octanol–water partition coefficient (Wildman–Crippen LogP) is 4.12. The minimum Gasteiger partial charge on any atom is -0.299 e. The van der Waals surface area contributed by atoms with Crippen molar-refractivity contribution in [2.24, 2.45) is 23.7 Å². The highest BCUT2D eigenvalue weighted by Gasteiger charge is 2.36. The summed E-state index contributed by atoms with van der Waals surface area (Å²) in [4.78, 5) is 12.6. The monoisotopic (exact) mass is 244 g/mol. The molecule has 2 rings (SSSR count). The van der Waals surface area contributed by atoms with Crippen LogP contribution in [-0.2, 0) is 11.2 Å². The molecule has 0 saturated heterocycles. The van der Waals surface area contributed by atoms with E-state index in [-0.39, 0.29) is 11.8 Å². The van der Waals surface area contributed by atoms with E-state index in [9.17, 15) is 4.79 Å². The van der Waals surface area contributed by atoms with E-state index in [1.807, 2.05) is 6.07 Å². The third-order valence-corrected chi connectivity index (χ3v) is 4.45. The van der Waals surface area contributed by atoms with Gasteiger partial charge in [-0.3, -0.25) is 4.79 Å². The molecule has 18 heavy (non-hydrogen) atoms. The normalized spacial score (nSPS) is 28.7. The lowest BCUT2D eigenvalue weighted by Crippen LogP contribution is -2.37. The van der Waals surface area contributed by atoms with E-state index < -0.39 is 0 Å². The second-order valence-corrected chi connectivity index (χ2v) is 6.10. The van der Waals surface area contributed by atoms with Crippen LogP contribution in [0.5, 0.6) is 0 Å². The third-order valence-electron chi connectivity index (χ3n) is 4.45. The molecule has 0 bridgehead atoms. The van der Waals surface area contributed by atoms with Gasteiger partial charge in [0, 0.05) is 11.8 Å². The third kappa shape index (κ3) is 2.82. The summed E-state index contributed by atoms with van der Waals surface area (Å²) in [7, 11) is 0. The van der Waals surface area contributed by atoms with Gasteiger partial charge in [-0.2, -0.15) is 0 Å². The van der Waals surface area contributed by atoms with Crippen LogP contribution in [-0.4, -0.2) is 5.78 Å². The van der Waals surface area contributed by atoms with Crippen molar-refractivity contribution in [3.63, 3.8) is 0 Å². The molecule has 1 fully saturated rings. The number of ketones is 1. The second kappa shape index (κ2) is 5.69. The maximum absolute atomic E-state index is 12.6. The molecule has 0 aliphatic heterocycles. The fraction of sp³-hybridized carbons (Fsp3) is 0.588. The summed E-state index contributed by atoms with van der Waals surface area (Å²) in [6.07, 6.45) is 3.21. The first-order chi connectivity index (χ1) is 8.59. The average molecular weight is 244 g/mol. The Morgan fingerprint density at radius 2 is 1.83 bits per heavy atom. The molecule has 1 saturated carbocycles. The maximum Gasteiger partial charge on any atom is 0.139 e. The molecule has 1 aromatic rings. The van der Waals surface area contributed by atoms with Gasteiger partial charge in [-0.1, -0.05) is 51.1 Å². The van der Waals surface area contributed by atoms with Gasteiger partial charge in [0.25, 0.3) is 0 Å². The molecular weight excluding hydrogens is 220 g/mol. The van der Waals surface area contributed by atoms with E-state index in [0.29, 0.717) is 17.6 Å². The van der Waals surface area contributed by atoms with Crippen LogP contribution in [0.2, 0.25) is 0 Å². The van der Waals surface area contributed by atoms with E-state index in [0.717, 1.165) is 12.8 Å². The van der Waals surface area contributed by atoms with Gasteiger partial charge in [0.05, 0.1) is 0 Å². The molecule has 0 radical (unpaired) electrons. The molecule has 0 aromatic heterocycles. The molecule has 98 valence electrons. The summed E-state index contributed by atoms with van der Waals surface area (Å²) in [5.74, 6) is 2.05. The number of hydrogen-bond acceptors (Lipinski definition) is 1. The van der Waals surface area contributed by atoms with Crippen LogP contribution >= 0.6 is 0 Å². The Hall–Kier alpha value is -1.11. The summed E-state index contributed by atoms with van der Waals surface area (Å²) < 4.78 is 0. The molecule has 0 spiro atoms. The van der Waals surface area contributed by atoms with Crippen molar-refractivity contribution in [1.29, 1.82) is 0 Å². The van der Waals surface area contributed by atoms with Gasteiger partial charge >= 0.3 is 0 Å². The number of carbonyl (C=O) groups excluding carboxylic acids is 1. The van der Waals surface area contributed by atoms with E-state index in [1.54, 1.807) is 0 Å². The molecule has 1 aromatic carbocycles. The van der Waals surface area contributed by atoms with Crippen LogP contribution in [0.4, 0.5) is 0 Å². The number of rotatable bonds is 3. The summed E-state index contributed by atoms with van der Waals surface area (Å²) in [6.45, 7) is 6.60. The number of benzene rings is 1. The number of hydrogen-bond donors (Lipinski definition) is 0. The lowest BCUT2D eigenvalue weighted by Gasteiger charge is -2.35. The van der Waals surface area contributed by atoms with Crippen LogP contribution in [0.1, 0.15) is 39.2 Å². The summed E-state index contributed by atoms with van der Waals surface area (Å²) in [6, 6.07) is 10.4. The summed E-state index contributed by atoms with van der Waals surface area (Å²) in [5, 5.41) is 0. The van der Waals surface area contributed by atoms with Gasteiger partial charge in [0.2, 0.25) is 0 Å². The molecule has 1 heteroatoms. The molecule has 1 aliphatic carbocycles. The molecule has 1 aliphatic rings. The van der Waals surface area contributed by atoms with Crippen molar-refractivity contribution < 1.29 is 4.79 Å². The van der Waals surface area contributed by atoms with Crippen molar-refractivity contribution in [3.8, 4) is 0 Å². The van der Waals surface area contributed by atoms with Crippen molar-refractivity contribution in [1.82, 2.24) is 0 Å². The van der Waals surface area contributed by atoms with E-state index in [1.165, 1.54) is 12.0 Å². The van der Waals surface area contributed by atoms with Crippen LogP contribution < -0.4 is 0 Å². The Labute approximate surface area is 111 Å². The average Bonchev–Trinajstić information content (AvgIpc) is 2.35. The second-order valence-electron chi connectivity index (χ2n) is 6.10. The predicted molar refractivity (Wildman–Crippen MR) is 75.4 cm³/mol. The van der Waals surface area contributed by atoms with E-state index in [4.69, 9.17) is 0 Å². The van der Waals surface area contributed by atoms with Gasteiger partial charge in [-0.15, -0.1) is 0 Å². The topological polar surface area (TPSA) is 17.1 Å². The summed E-state index contributed by atoms with van der Waals surface area (Å²) >= 11 is 0. The van der Waals surface area contributed by atoms with Crippen LogP contribution in [0.25, 0.3) is 0 Å². The Bertz CT molecular complexity index is 393. The fourth-order valence-corrected chi connectivity index (χ4v) is 3.17. The lowest BCUT2D eigenvalue weighted by atomic mass is 9.68. The fourth-order valence-electron chi connectivity index (χ4n) is 3.17. The highest BCUT2D eigenvalue weighted by Crippen LogP contribution is 2.36. The largest absolute Gasteiger partial charge is 0.299 e. The van der Waals surface area contributed by atoms with Crippen LogP contribution in [0.15, 0.2) is 30.3 Å². The SMILES string of the molecule is CC(C)[C@@H]1CC[C@H](C)[C@H](Cc2ccccc2)C1=O. The Kier molecular flexibility index (Phi) is 4.21. The smallest absolute Gasteiger partial charge is 0.139 e. The molecule has 0 unspecified atom stereocenters. The molecule has 0 N–H and O–H groups in total. The standard InChI is InChI=1S/C17H24O/c1-12(2)15-10-9-13(3)16(17(15)18)11-14-7-5-4-6-8-14/h4-8,12-13,15-16H,9-11H2,1-3H3/t13-,15-,16-/m0/s1. The molecule has 1 nitrogen and oxygen atoms in total. The van der Waals surface area contributed by atoms with Gasteiger partial charge in [0.1, 0.15) is 5.78 Å². The lowest BCUT2D eigenvalue weighted by molar-refractivity contribution is -0.132. The van der Waals surface area contributed by atoms with E-state index in [2.05, 4.69) is 45.0 Å². The molecular formula is C17H24O. The Balaban J connectivity index is 2.12.